The third-order valence-corrected chi connectivity index (χ3v) is 4.02. The van der Waals surface area contributed by atoms with Gasteiger partial charge in [-0.25, -0.2) is 9.18 Å². The number of benzene rings is 2. The molecule has 1 N–H and O–H groups in total. The summed E-state index contributed by atoms with van der Waals surface area (Å²) in [7, 11) is 1.52. The number of carbonyl (C=O) groups excluding carboxylic acids is 1. The Morgan fingerprint density at radius 3 is 2.52 bits per heavy atom. The molecule has 2 aromatic rings. The van der Waals surface area contributed by atoms with E-state index in [1.165, 1.54) is 29.8 Å². The van der Waals surface area contributed by atoms with E-state index in [0.717, 1.165) is 4.90 Å². The molecule has 0 atom stereocenters. The number of hydrogen-bond donors (Lipinski definition) is 1. The fourth-order valence-electron chi connectivity index (χ4n) is 1.71. The molecule has 110 valence electrons. The average molecular weight is 325 g/mol. The zero-order chi connectivity index (χ0) is 15.2. The molecule has 2 rings (SSSR count). The zero-order valence-corrected chi connectivity index (χ0v) is 12.9. The molecule has 0 spiro atoms. The first kappa shape index (κ1) is 15.7. The van der Waals surface area contributed by atoms with Crippen molar-refractivity contribution >= 4 is 35.1 Å². The van der Waals surface area contributed by atoms with Gasteiger partial charge in [0.05, 0.1) is 11.6 Å². The van der Waals surface area contributed by atoms with Gasteiger partial charge >= 0.3 is 6.03 Å². The van der Waals surface area contributed by atoms with Crippen LogP contribution in [-0.4, -0.2) is 19.0 Å². The van der Waals surface area contributed by atoms with Gasteiger partial charge in [-0.05, 0) is 36.4 Å². The summed E-state index contributed by atoms with van der Waals surface area (Å²) < 4.78 is 13.9. The second-order valence-corrected chi connectivity index (χ2v) is 5.62. The minimum atomic E-state index is -0.433. The van der Waals surface area contributed by atoms with Gasteiger partial charge in [-0.2, -0.15) is 0 Å². The molecule has 0 unspecified atom stereocenters. The minimum Gasteiger partial charge on any atom is -0.341 e. The molecule has 0 aromatic heterocycles. The van der Waals surface area contributed by atoms with E-state index in [-0.39, 0.29) is 11.7 Å². The van der Waals surface area contributed by atoms with E-state index in [9.17, 15) is 9.18 Å². The van der Waals surface area contributed by atoms with Crippen molar-refractivity contribution in [3.05, 3.63) is 59.4 Å². The summed E-state index contributed by atoms with van der Waals surface area (Å²) in [5.74, 6) is -0.139. The number of hydrogen-bond acceptors (Lipinski definition) is 2. The smallest absolute Gasteiger partial charge is 0.322 e. The van der Waals surface area contributed by atoms with Crippen LogP contribution in [0.3, 0.4) is 0 Å². The maximum Gasteiger partial charge on any atom is 0.322 e. The van der Waals surface area contributed by atoms with E-state index in [1.54, 1.807) is 30.3 Å². The molecule has 0 aliphatic rings. The number of nitrogens with zero attached hydrogens (tertiary/aromatic N) is 1. The molecule has 6 heteroatoms. The third kappa shape index (κ3) is 4.12. The number of rotatable bonds is 4. The molecule has 0 bridgehead atoms. The summed E-state index contributed by atoms with van der Waals surface area (Å²) in [6, 6.07) is 13.1. The number of halogens is 2. The molecule has 0 radical (unpaired) electrons. The van der Waals surface area contributed by atoms with Crippen molar-refractivity contribution in [3.8, 4) is 0 Å². The number of nitrogens with one attached hydrogen (secondary N) is 1. The Kier molecular flexibility index (Phi) is 5.47. The molecule has 0 saturated carbocycles. The standard InChI is InChI=1S/C15H14ClFN2OS/c1-18-15(20)19(14-5-3-2-4-13(14)17)10-21-12-8-6-11(16)7-9-12/h2-9H,10H2,1H3,(H,18,20). The maximum absolute atomic E-state index is 13.9. The number of amides is 2. The van der Waals surface area contributed by atoms with Gasteiger partial charge in [-0.15, -0.1) is 11.8 Å². The summed E-state index contributed by atoms with van der Waals surface area (Å²) >= 11 is 7.25. The number of urea groups is 1. The van der Waals surface area contributed by atoms with Gasteiger partial charge in [-0.3, -0.25) is 4.90 Å². The largest absolute Gasteiger partial charge is 0.341 e. The van der Waals surface area contributed by atoms with Crippen LogP contribution in [0.5, 0.6) is 0 Å². The highest BCUT2D eigenvalue weighted by atomic mass is 35.5. The van der Waals surface area contributed by atoms with Gasteiger partial charge in [0.15, 0.2) is 0 Å². The van der Waals surface area contributed by atoms with E-state index in [4.69, 9.17) is 11.6 Å². The lowest BCUT2D eigenvalue weighted by molar-refractivity contribution is 0.249. The van der Waals surface area contributed by atoms with Crippen molar-refractivity contribution in [1.82, 2.24) is 5.32 Å². The molecule has 3 nitrogen and oxygen atoms in total. The Morgan fingerprint density at radius 1 is 1.24 bits per heavy atom. The van der Waals surface area contributed by atoms with Crippen LogP contribution in [0, 0.1) is 5.82 Å². The molecule has 0 heterocycles. The molecule has 0 fully saturated rings. The lowest BCUT2D eigenvalue weighted by Gasteiger charge is -2.22. The third-order valence-electron chi connectivity index (χ3n) is 2.78. The van der Waals surface area contributed by atoms with Crippen molar-refractivity contribution in [2.45, 2.75) is 4.90 Å². The lowest BCUT2D eigenvalue weighted by Crippen LogP contribution is -2.38. The van der Waals surface area contributed by atoms with E-state index in [1.807, 2.05) is 12.1 Å². The van der Waals surface area contributed by atoms with E-state index in [2.05, 4.69) is 5.32 Å². The second-order valence-electron chi connectivity index (χ2n) is 4.16. The van der Waals surface area contributed by atoms with Crippen molar-refractivity contribution in [1.29, 1.82) is 0 Å². The van der Waals surface area contributed by atoms with Crippen molar-refractivity contribution in [2.75, 3.05) is 17.8 Å². The molecular weight excluding hydrogens is 311 g/mol. The van der Waals surface area contributed by atoms with Crippen LogP contribution in [0.2, 0.25) is 5.02 Å². The average Bonchev–Trinajstić information content (AvgIpc) is 2.50. The van der Waals surface area contributed by atoms with E-state index < -0.39 is 5.82 Å². The van der Waals surface area contributed by atoms with Gasteiger partial charge in [0.2, 0.25) is 0 Å². The van der Waals surface area contributed by atoms with Crippen molar-refractivity contribution < 1.29 is 9.18 Å². The number of para-hydroxylation sites is 1. The molecular formula is C15H14ClFN2OS. The van der Waals surface area contributed by atoms with Gasteiger partial charge in [0, 0.05) is 17.0 Å². The second kappa shape index (κ2) is 7.33. The fraction of sp³-hybridized carbons (Fsp3) is 0.133. The predicted molar refractivity (Wildman–Crippen MR) is 85.5 cm³/mol. The summed E-state index contributed by atoms with van der Waals surface area (Å²) in [6.45, 7) is 0. The minimum absolute atomic E-state index is 0.248. The highest BCUT2D eigenvalue weighted by Gasteiger charge is 2.17. The van der Waals surface area contributed by atoms with Crippen LogP contribution < -0.4 is 10.2 Å². The first-order valence-corrected chi connectivity index (χ1v) is 7.60. The monoisotopic (exact) mass is 324 g/mol. The zero-order valence-electron chi connectivity index (χ0n) is 11.3. The van der Waals surface area contributed by atoms with Crippen LogP contribution in [0.4, 0.5) is 14.9 Å². The Balaban J connectivity index is 2.16. The summed E-state index contributed by atoms with van der Waals surface area (Å²) in [5, 5.41) is 3.17. The van der Waals surface area contributed by atoms with Crippen LogP contribution in [-0.2, 0) is 0 Å². The number of thioether (sulfide) groups is 1. The van der Waals surface area contributed by atoms with Gasteiger partial charge < -0.3 is 5.32 Å². The van der Waals surface area contributed by atoms with Crippen molar-refractivity contribution in [2.24, 2.45) is 0 Å². The highest BCUT2D eigenvalue weighted by molar-refractivity contribution is 7.99. The first-order valence-electron chi connectivity index (χ1n) is 6.24. The SMILES string of the molecule is CNC(=O)N(CSc1ccc(Cl)cc1)c1ccccc1F. The fourth-order valence-corrected chi connectivity index (χ4v) is 2.70. The molecule has 0 aliphatic heterocycles. The predicted octanol–water partition coefficient (Wildman–Crippen LogP) is 4.37. The van der Waals surface area contributed by atoms with E-state index >= 15 is 0 Å². The first-order chi connectivity index (χ1) is 10.1. The Morgan fingerprint density at radius 2 is 1.90 bits per heavy atom. The Labute approximate surface area is 132 Å². The normalized spacial score (nSPS) is 10.2. The van der Waals surface area contributed by atoms with Crippen molar-refractivity contribution in [3.63, 3.8) is 0 Å². The summed E-state index contributed by atoms with van der Waals surface area (Å²) in [6.07, 6.45) is 0. The molecule has 21 heavy (non-hydrogen) atoms. The number of anilines is 1. The van der Waals surface area contributed by atoms with Gasteiger partial charge in [0.25, 0.3) is 0 Å². The summed E-state index contributed by atoms with van der Waals surface area (Å²) in [5.41, 5.74) is 0.248. The molecule has 2 aromatic carbocycles. The van der Waals surface area contributed by atoms with Crippen LogP contribution in [0.1, 0.15) is 0 Å². The lowest BCUT2D eigenvalue weighted by atomic mass is 10.3. The summed E-state index contributed by atoms with van der Waals surface area (Å²) in [4.78, 5) is 14.3. The van der Waals surface area contributed by atoms with Gasteiger partial charge in [0.1, 0.15) is 5.82 Å². The quantitative estimate of drug-likeness (QED) is 0.669. The van der Waals surface area contributed by atoms with Crippen LogP contribution in [0.15, 0.2) is 53.4 Å². The highest BCUT2D eigenvalue weighted by Crippen LogP contribution is 2.25. The molecule has 2 amide bonds. The van der Waals surface area contributed by atoms with Crippen LogP contribution >= 0.6 is 23.4 Å². The van der Waals surface area contributed by atoms with Crippen LogP contribution in [0.25, 0.3) is 0 Å². The van der Waals surface area contributed by atoms with Gasteiger partial charge in [-0.1, -0.05) is 23.7 Å². The number of carbonyl (C=O) groups is 1. The Hall–Kier alpha value is -1.72. The molecule has 0 aliphatic carbocycles. The topological polar surface area (TPSA) is 32.3 Å². The van der Waals surface area contributed by atoms with E-state index in [0.29, 0.717) is 10.9 Å². The maximum atomic E-state index is 13.9. The Bertz CT molecular complexity index is 621. The molecule has 0 saturated heterocycles.